The van der Waals surface area contributed by atoms with Crippen LogP contribution in [0.2, 0.25) is 5.15 Å². The number of halogens is 1. The Morgan fingerprint density at radius 3 is 2.00 bits per heavy atom. The number of nitrogens with two attached hydrogens (primary N) is 2. The first kappa shape index (κ1) is 16.8. The zero-order valence-corrected chi connectivity index (χ0v) is 13.7. The number of thioether (sulfide) groups is 1. The second-order valence-electron chi connectivity index (χ2n) is 4.96. The van der Waals surface area contributed by atoms with Crippen molar-refractivity contribution in [3.63, 3.8) is 0 Å². The fourth-order valence-electron chi connectivity index (χ4n) is 2.07. The molecule has 0 aromatic carbocycles. The monoisotopic (exact) mass is 338 g/mol. The lowest BCUT2D eigenvalue weighted by molar-refractivity contribution is 0.515. The molecule has 2 aromatic rings. The van der Waals surface area contributed by atoms with Gasteiger partial charge < -0.3 is 11.5 Å². The van der Waals surface area contributed by atoms with Gasteiger partial charge in [0.05, 0.1) is 0 Å². The Hall–Kier alpha value is -1.60. The van der Waals surface area contributed by atoms with Crippen LogP contribution in [0.5, 0.6) is 0 Å². The maximum absolute atomic E-state index is 5.48. The smallest absolute Gasteiger partial charge is 0.151 e. The molecule has 2 aromatic heterocycles. The van der Waals surface area contributed by atoms with Crippen molar-refractivity contribution in [3.8, 4) is 0 Å². The van der Waals surface area contributed by atoms with Crippen LogP contribution in [0.15, 0.2) is 29.3 Å². The van der Waals surface area contributed by atoms with E-state index in [4.69, 9.17) is 23.1 Å². The van der Waals surface area contributed by atoms with Crippen LogP contribution in [0.3, 0.4) is 0 Å². The molecule has 0 aliphatic heterocycles. The van der Waals surface area contributed by atoms with E-state index in [2.05, 4.69) is 20.4 Å². The van der Waals surface area contributed by atoms with Gasteiger partial charge in [0.1, 0.15) is 16.7 Å². The van der Waals surface area contributed by atoms with E-state index < -0.39 is 0 Å². The van der Waals surface area contributed by atoms with Crippen LogP contribution in [0.1, 0.15) is 32.1 Å². The summed E-state index contributed by atoms with van der Waals surface area (Å²) in [5.41, 5.74) is 10.7. The normalized spacial score (nSPS) is 15.0. The molecule has 0 saturated heterocycles. The maximum atomic E-state index is 5.48. The summed E-state index contributed by atoms with van der Waals surface area (Å²) in [5.74, 6) is 0.882. The summed E-state index contributed by atoms with van der Waals surface area (Å²) in [4.78, 5) is 0. The van der Waals surface area contributed by atoms with Gasteiger partial charge in [0, 0.05) is 5.25 Å². The Bertz CT molecular complexity index is 536. The van der Waals surface area contributed by atoms with Crippen LogP contribution in [-0.4, -0.2) is 25.6 Å². The molecule has 0 amide bonds. The van der Waals surface area contributed by atoms with Gasteiger partial charge in [-0.05, 0) is 37.1 Å². The highest BCUT2D eigenvalue weighted by molar-refractivity contribution is 7.99. The minimum atomic E-state index is 0.360. The van der Waals surface area contributed by atoms with Gasteiger partial charge in [-0.15, -0.1) is 32.2 Å². The van der Waals surface area contributed by atoms with Crippen molar-refractivity contribution in [2.45, 2.75) is 42.4 Å². The largest absolute Gasteiger partial charge is 0.382 e. The zero-order chi connectivity index (χ0) is 15.8. The van der Waals surface area contributed by atoms with Gasteiger partial charge in [0.2, 0.25) is 0 Å². The van der Waals surface area contributed by atoms with Crippen LogP contribution in [0, 0.1) is 0 Å². The van der Waals surface area contributed by atoms with E-state index in [1.165, 1.54) is 32.1 Å². The molecule has 1 aliphatic carbocycles. The topological polar surface area (TPSA) is 104 Å². The minimum absolute atomic E-state index is 0.360. The molecule has 1 saturated carbocycles. The first-order valence-electron chi connectivity index (χ1n) is 7.14. The number of anilines is 2. The fourth-order valence-corrected chi connectivity index (χ4v) is 3.32. The van der Waals surface area contributed by atoms with E-state index in [1.807, 2.05) is 23.9 Å². The number of nitrogens with zero attached hydrogens (tertiary/aromatic N) is 4. The summed E-state index contributed by atoms with van der Waals surface area (Å²) in [6, 6.07) is 6.96. The maximum Gasteiger partial charge on any atom is 0.151 e. The van der Waals surface area contributed by atoms with E-state index in [-0.39, 0.29) is 0 Å². The minimum Gasteiger partial charge on any atom is -0.382 e. The van der Waals surface area contributed by atoms with Crippen LogP contribution in [0.25, 0.3) is 0 Å². The summed E-state index contributed by atoms with van der Waals surface area (Å²) >= 11 is 7.23. The van der Waals surface area contributed by atoms with Crippen molar-refractivity contribution < 1.29 is 0 Å². The standard InChI is InChI=1S/C10H15N3S.C4H4ClN3/c11-9-6-7-10(13-12-9)14-8-4-2-1-3-5-8;5-3-1-2-4(6)8-7-3/h6-8H,1-5H2,(H2,11,12);1-2H,(H2,6,8). The zero-order valence-electron chi connectivity index (χ0n) is 12.2. The number of hydrogen-bond acceptors (Lipinski definition) is 7. The third-order valence-electron chi connectivity index (χ3n) is 3.15. The van der Waals surface area contributed by atoms with Crippen molar-refractivity contribution in [1.82, 2.24) is 20.4 Å². The van der Waals surface area contributed by atoms with Crippen molar-refractivity contribution in [3.05, 3.63) is 29.4 Å². The molecule has 22 heavy (non-hydrogen) atoms. The average Bonchev–Trinajstić information content (AvgIpc) is 2.54. The number of hydrogen-bond donors (Lipinski definition) is 2. The molecule has 1 aliphatic rings. The quantitative estimate of drug-likeness (QED) is 0.866. The Morgan fingerprint density at radius 2 is 1.50 bits per heavy atom. The number of rotatable bonds is 2. The van der Waals surface area contributed by atoms with Gasteiger partial charge >= 0.3 is 0 Å². The molecule has 3 rings (SSSR count). The predicted octanol–water partition coefficient (Wildman–Crippen LogP) is 3.20. The second kappa shape index (κ2) is 8.75. The van der Waals surface area contributed by atoms with E-state index in [0.29, 0.717) is 16.8 Å². The molecular formula is C14H19ClN6S. The molecule has 0 radical (unpaired) electrons. The molecule has 0 unspecified atom stereocenters. The molecular weight excluding hydrogens is 320 g/mol. The van der Waals surface area contributed by atoms with Crippen LogP contribution in [-0.2, 0) is 0 Å². The summed E-state index contributed by atoms with van der Waals surface area (Å²) in [5, 5.41) is 17.0. The van der Waals surface area contributed by atoms with E-state index in [1.54, 1.807) is 12.1 Å². The Morgan fingerprint density at radius 1 is 0.864 bits per heavy atom. The van der Waals surface area contributed by atoms with E-state index >= 15 is 0 Å². The third kappa shape index (κ3) is 6.03. The van der Waals surface area contributed by atoms with Crippen molar-refractivity contribution in [1.29, 1.82) is 0 Å². The van der Waals surface area contributed by atoms with Gasteiger partial charge in [-0.25, -0.2) is 0 Å². The first-order chi connectivity index (χ1) is 10.6. The molecule has 1 fully saturated rings. The lowest BCUT2D eigenvalue weighted by Crippen LogP contribution is -2.08. The van der Waals surface area contributed by atoms with Gasteiger partial charge in [0.15, 0.2) is 5.15 Å². The summed E-state index contributed by atoms with van der Waals surface area (Å²) in [6.45, 7) is 0. The molecule has 0 atom stereocenters. The van der Waals surface area contributed by atoms with Gasteiger partial charge in [-0.2, -0.15) is 0 Å². The average molecular weight is 339 g/mol. The van der Waals surface area contributed by atoms with Gasteiger partial charge in [0.25, 0.3) is 0 Å². The number of aromatic nitrogens is 4. The Kier molecular flexibility index (Phi) is 6.67. The molecule has 2 heterocycles. The highest BCUT2D eigenvalue weighted by Gasteiger charge is 2.15. The SMILES string of the molecule is Nc1ccc(Cl)nn1.Nc1ccc(SC2CCCCC2)nn1. The molecule has 0 spiro atoms. The summed E-state index contributed by atoms with van der Waals surface area (Å²) in [6.07, 6.45) is 6.75. The van der Waals surface area contributed by atoms with E-state index in [9.17, 15) is 0 Å². The van der Waals surface area contributed by atoms with Crippen molar-refractivity contribution in [2.75, 3.05) is 11.5 Å². The lowest BCUT2D eigenvalue weighted by atomic mass is 10.0. The fraction of sp³-hybridized carbons (Fsp3) is 0.429. The summed E-state index contributed by atoms with van der Waals surface area (Å²) < 4.78 is 0. The van der Waals surface area contributed by atoms with E-state index in [0.717, 1.165) is 10.3 Å². The van der Waals surface area contributed by atoms with Gasteiger partial charge in [-0.3, -0.25) is 0 Å². The molecule has 118 valence electrons. The Labute approximate surface area is 139 Å². The molecule has 4 N–H and O–H groups in total. The second-order valence-corrected chi connectivity index (χ2v) is 6.66. The van der Waals surface area contributed by atoms with Crippen molar-refractivity contribution in [2.24, 2.45) is 0 Å². The number of nitrogen functional groups attached to an aromatic ring is 2. The summed E-state index contributed by atoms with van der Waals surface area (Å²) in [7, 11) is 0. The van der Waals surface area contributed by atoms with Crippen molar-refractivity contribution >= 4 is 35.0 Å². The van der Waals surface area contributed by atoms with Crippen LogP contribution in [0.4, 0.5) is 11.6 Å². The van der Waals surface area contributed by atoms with Gasteiger partial charge in [-0.1, -0.05) is 30.9 Å². The third-order valence-corrected chi connectivity index (χ3v) is 4.62. The highest BCUT2D eigenvalue weighted by Crippen LogP contribution is 2.32. The Balaban J connectivity index is 0.000000188. The highest BCUT2D eigenvalue weighted by atomic mass is 35.5. The lowest BCUT2D eigenvalue weighted by Gasteiger charge is -2.19. The molecule has 0 bridgehead atoms. The first-order valence-corrected chi connectivity index (χ1v) is 8.40. The predicted molar refractivity (Wildman–Crippen MR) is 90.6 cm³/mol. The van der Waals surface area contributed by atoms with Crippen LogP contribution >= 0.6 is 23.4 Å². The molecule has 8 heteroatoms. The molecule has 6 nitrogen and oxygen atoms in total. The van der Waals surface area contributed by atoms with Crippen LogP contribution < -0.4 is 11.5 Å².